The smallest absolute Gasteiger partial charge is 0.260 e. The number of ether oxygens (including phenoxy) is 1. The van der Waals surface area contributed by atoms with Crippen molar-refractivity contribution >= 4 is 11.8 Å². The topological polar surface area (TPSA) is 58.6 Å². The van der Waals surface area contributed by atoms with Crippen LogP contribution in [0.3, 0.4) is 0 Å². The van der Waals surface area contributed by atoms with Crippen molar-refractivity contribution in [3.05, 3.63) is 65.2 Å². The molecule has 148 valence electrons. The van der Waals surface area contributed by atoms with Crippen LogP contribution in [0.15, 0.2) is 48.5 Å². The molecule has 1 aliphatic rings. The first-order valence-electron chi connectivity index (χ1n) is 9.83. The minimum atomic E-state index is -0.0263. The molecule has 0 radical (unpaired) electrons. The molecule has 2 aromatic rings. The third kappa shape index (κ3) is 5.59. The zero-order valence-electron chi connectivity index (χ0n) is 16.6. The molecule has 0 aliphatic carbocycles. The molecular weight excluding hydrogens is 352 g/mol. The van der Waals surface area contributed by atoms with E-state index in [1.54, 1.807) is 0 Å². The monoisotopic (exact) mass is 380 g/mol. The van der Waals surface area contributed by atoms with Gasteiger partial charge in [-0.1, -0.05) is 35.4 Å². The fraction of sp³-hybridized carbons (Fsp3) is 0.391. The van der Waals surface area contributed by atoms with Gasteiger partial charge in [0, 0.05) is 25.2 Å². The maximum absolute atomic E-state index is 12.4. The van der Waals surface area contributed by atoms with Crippen molar-refractivity contribution in [3.63, 3.8) is 0 Å². The molecule has 5 heteroatoms. The summed E-state index contributed by atoms with van der Waals surface area (Å²) in [5.74, 6) is 1.09. The van der Waals surface area contributed by atoms with Gasteiger partial charge in [-0.2, -0.15) is 0 Å². The summed E-state index contributed by atoms with van der Waals surface area (Å²) in [4.78, 5) is 26.6. The third-order valence-corrected chi connectivity index (χ3v) is 5.11. The molecular formula is C23H28N2O3. The first-order valence-corrected chi connectivity index (χ1v) is 9.83. The van der Waals surface area contributed by atoms with E-state index >= 15 is 0 Å². The summed E-state index contributed by atoms with van der Waals surface area (Å²) in [6.45, 7) is 6.13. The molecule has 28 heavy (non-hydrogen) atoms. The van der Waals surface area contributed by atoms with Gasteiger partial charge in [0.25, 0.3) is 11.8 Å². The van der Waals surface area contributed by atoms with Gasteiger partial charge in [-0.25, -0.2) is 0 Å². The number of nitrogens with zero attached hydrogens (tertiary/aromatic N) is 1. The lowest BCUT2D eigenvalue weighted by Gasteiger charge is -2.32. The van der Waals surface area contributed by atoms with E-state index in [0.29, 0.717) is 36.9 Å². The molecule has 3 rings (SSSR count). The lowest BCUT2D eigenvalue weighted by Crippen LogP contribution is -2.43. The Morgan fingerprint density at radius 1 is 1.04 bits per heavy atom. The Balaban J connectivity index is 1.40. The number of hydrogen-bond acceptors (Lipinski definition) is 3. The zero-order chi connectivity index (χ0) is 19.9. The van der Waals surface area contributed by atoms with Crippen LogP contribution in [-0.4, -0.2) is 43.0 Å². The highest BCUT2D eigenvalue weighted by Crippen LogP contribution is 2.17. The Morgan fingerprint density at radius 3 is 2.32 bits per heavy atom. The van der Waals surface area contributed by atoms with E-state index in [0.717, 1.165) is 24.0 Å². The molecule has 0 unspecified atom stereocenters. The van der Waals surface area contributed by atoms with E-state index in [2.05, 4.69) is 11.4 Å². The van der Waals surface area contributed by atoms with Gasteiger partial charge in [-0.15, -0.1) is 0 Å². The highest BCUT2D eigenvalue weighted by atomic mass is 16.5. The Kier molecular flexibility index (Phi) is 6.69. The van der Waals surface area contributed by atoms with Crippen molar-refractivity contribution in [2.75, 3.05) is 26.2 Å². The maximum Gasteiger partial charge on any atom is 0.260 e. The molecule has 0 bridgehead atoms. The molecule has 0 saturated carbocycles. The second-order valence-electron chi connectivity index (χ2n) is 7.51. The SMILES string of the molecule is Cc1cc(C)cc(C(=O)NCC2CCN(C(=O)COc3ccccc3)CC2)c1. The second kappa shape index (κ2) is 9.40. The van der Waals surface area contributed by atoms with Crippen LogP contribution >= 0.6 is 0 Å². The van der Waals surface area contributed by atoms with E-state index < -0.39 is 0 Å². The number of aryl methyl sites for hydroxylation is 2. The van der Waals surface area contributed by atoms with E-state index in [1.807, 2.05) is 61.2 Å². The van der Waals surface area contributed by atoms with Gasteiger partial charge in [0.1, 0.15) is 5.75 Å². The van der Waals surface area contributed by atoms with Crippen LogP contribution in [0.2, 0.25) is 0 Å². The van der Waals surface area contributed by atoms with Crippen molar-refractivity contribution in [1.82, 2.24) is 10.2 Å². The number of para-hydroxylation sites is 1. The van der Waals surface area contributed by atoms with Crippen molar-refractivity contribution in [2.24, 2.45) is 5.92 Å². The Bertz CT molecular complexity index is 792. The number of hydrogen-bond donors (Lipinski definition) is 1. The molecule has 1 N–H and O–H groups in total. The Hall–Kier alpha value is -2.82. The van der Waals surface area contributed by atoms with Gasteiger partial charge < -0.3 is 15.0 Å². The molecule has 5 nitrogen and oxygen atoms in total. The van der Waals surface area contributed by atoms with Crippen molar-refractivity contribution < 1.29 is 14.3 Å². The van der Waals surface area contributed by atoms with Gasteiger partial charge >= 0.3 is 0 Å². The zero-order valence-corrected chi connectivity index (χ0v) is 16.6. The van der Waals surface area contributed by atoms with Crippen LogP contribution in [0.1, 0.15) is 34.3 Å². The maximum atomic E-state index is 12.4. The first-order chi connectivity index (χ1) is 13.5. The van der Waals surface area contributed by atoms with Crippen molar-refractivity contribution in [3.8, 4) is 5.75 Å². The van der Waals surface area contributed by atoms with Crippen LogP contribution in [-0.2, 0) is 4.79 Å². The minimum Gasteiger partial charge on any atom is -0.484 e. The van der Waals surface area contributed by atoms with Gasteiger partial charge in [0.15, 0.2) is 6.61 Å². The first kappa shape index (κ1) is 19.9. The van der Waals surface area contributed by atoms with E-state index in [9.17, 15) is 9.59 Å². The molecule has 1 heterocycles. The van der Waals surface area contributed by atoms with Gasteiger partial charge in [-0.3, -0.25) is 9.59 Å². The summed E-state index contributed by atoms with van der Waals surface area (Å²) in [7, 11) is 0. The number of likely N-dealkylation sites (tertiary alicyclic amines) is 1. The Labute approximate surface area is 166 Å². The summed E-state index contributed by atoms with van der Waals surface area (Å²) in [6, 6.07) is 15.3. The van der Waals surface area contributed by atoms with Crippen LogP contribution in [0.25, 0.3) is 0 Å². The predicted molar refractivity (Wildman–Crippen MR) is 109 cm³/mol. The highest BCUT2D eigenvalue weighted by molar-refractivity contribution is 5.94. The number of benzene rings is 2. The minimum absolute atomic E-state index is 0.0153. The highest BCUT2D eigenvalue weighted by Gasteiger charge is 2.23. The second-order valence-corrected chi connectivity index (χ2v) is 7.51. The fourth-order valence-corrected chi connectivity index (χ4v) is 3.58. The van der Waals surface area contributed by atoms with Gasteiger partial charge in [0.2, 0.25) is 0 Å². The number of carbonyl (C=O) groups excluding carboxylic acids is 2. The standard InChI is InChI=1S/C23H28N2O3/c1-17-12-18(2)14-20(13-17)23(27)24-15-19-8-10-25(11-9-19)22(26)16-28-21-6-4-3-5-7-21/h3-7,12-14,19H,8-11,15-16H2,1-2H3,(H,24,27). The average molecular weight is 380 g/mol. The summed E-state index contributed by atoms with van der Waals surface area (Å²) in [5, 5.41) is 3.05. The normalized spacial score (nSPS) is 14.6. The lowest BCUT2D eigenvalue weighted by atomic mass is 9.96. The summed E-state index contributed by atoms with van der Waals surface area (Å²) >= 11 is 0. The van der Waals surface area contributed by atoms with Crippen LogP contribution in [0, 0.1) is 19.8 Å². The number of amides is 2. The molecule has 2 aromatic carbocycles. The number of carbonyl (C=O) groups is 2. The number of rotatable bonds is 6. The fourth-order valence-electron chi connectivity index (χ4n) is 3.58. The summed E-state index contributed by atoms with van der Waals surface area (Å²) < 4.78 is 5.55. The van der Waals surface area contributed by atoms with E-state index in [-0.39, 0.29) is 18.4 Å². The molecule has 1 fully saturated rings. The molecule has 1 aliphatic heterocycles. The lowest BCUT2D eigenvalue weighted by molar-refractivity contribution is -0.134. The number of nitrogens with one attached hydrogen (secondary N) is 1. The predicted octanol–water partition coefficient (Wildman–Crippen LogP) is 3.35. The largest absolute Gasteiger partial charge is 0.484 e. The molecule has 2 amide bonds. The van der Waals surface area contributed by atoms with Crippen molar-refractivity contribution in [2.45, 2.75) is 26.7 Å². The average Bonchev–Trinajstić information content (AvgIpc) is 2.70. The molecule has 0 atom stereocenters. The van der Waals surface area contributed by atoms with Crippen LogP contribution < -0.4 is 10.1 Å². The van der Waals surface area contributed by atoms with Crippen LogP contribution in [0.5, 0.6) is 5.75 Å². The Morgan fingerprint density at radius 2 is 1.68 bits per heavy atom. The molecule has 1 saturated heterocycles. The quantitative estimate of drug-likeness (QED) is 0.836. The van der Waals surface area contributed by atoms with E-state index in [1.165, 1.54) is 0 Å². The summed E-state index contributed by atoms with van der Waals surface area (Å²) in [5.41, 5.74) is 2.90. The third-order valence-electron chi connectivity index (χ3n) is 5.11. The molecule has 0 aromatic heterocycles. The molecule has 0 spiro atoms. The van der Waals surface area contributed by atoms with Gasteiger partial charge in [-0.05, 0) is 56.9 Å². The van der Waals surface area contributed by atoms with Gasteiger partial charge in [0.05, 0.1) is 0 Å². The number of piperidine rings is 1. The summed E-state index contributed by atoms with van der Waals surface area (Å²) in [6.07, 6.45) is 1.79. The van der Waals surface area contributed by atoms with Crippen molar-refractivity contribution in [1.29, 1.82) is 0 Å². The van der Waals surface area contributed by atoms with E-state index in [4.69, 9.17) is 4.74 Å². The van der Waals surface area contributed by atoms with Crippen LogP contribution in [0.4, 0.5) is 0 Å².